The van der Waals surface area contributed by atoms with Crippen molar-refractivity contribution >= 4 is 0 Å². The quantitative estimate of drug-likeness (QED) is 0.650. The molecular formula is C9H16O4. The highest BCUT2D eigenvalue weighted by atomic mass is 16.8. The lowest BCUT2D eigenvalue weighted by atomic mass is 10.0. The summed E-state index contributed by atoms with van der Waals surface area (Å²) in [7, 11) is 0. The van der Waals surface area contributed by atoms with Crippen LogP contribution in [-0.2, 0) is 14.2 Å². The summed E-state index contributed by atoms with van der Waals surface area (Å²) in [6.07, 6.45) is -0.486. The fourth-order valence-electron chi connectivity index (χ4n) is 1.94. The van der Waals surface area contributed by atoms with Crippen LogP contribution in [0.15, 0.2) is 0 Å². The van der Waals surface area contributed by atoms with Gasteiger partial charge >= 0.3 is 0 Å². The molecule has 4 nitrogen and oxygen atoms in total. The highest BCUT2D eigenvalue weighted by Crippen LogP contribution is 2.40. The monoisotopic (exact) mass is 188 g/mol. The van der Waals surface area contributed by atoms with Crippen molar-refractivity contribution in [2.75, 3.05) is 6.61 Å². The maximum absolute atomic E-state index is 8.99. The molecule has 0 aromatic carbocycles. The maximum atomic E-state index is 8.99. The third kappa shape index (κ3) is 1.48. The Bertz CT molecular complexity index is 204. The highest BCUT2D eigenvalue weighted by Gasteiger charge is 2.52. The molecule has 4 atom stereocenters. The summed E-state index contributed by atoms with van der Waals surface area (Å²) in [6.45, 7) is 5.78. The van der Waals surface area contributed by atoms with Crippen LogP contribution < -0.4 is 0 Å². The number of hydrogen-bond donors (Lipinski definition) is 1. The van der Waals surface area contributed by atoms with Crippen molar-refractivity contribution in [3.05, 3.63) is 0 Å². The summed E-state index contributed by atoms with van der Waals surface area (Å²) >= 11 is 0. The minimum absolute atomic E-state index is 0.0291. The Morgan fingerprint density at radius 1 is 1.31 bits per heavy atom. The summed E-state index contributed by atoms with van der Waals surface area (Å²) < 4.78 is 16.7. The largest absolute Gasteiger partial charge is 0.394 e. The van der Waals surface area contributed by atoms with E-state index in [9.17, 15) is 0 Å². The number of aliphatic hydroxyl groups excluding tert-OH is 1. The van der Waals surface area contributed by atoms with E-state index >= 15 is 0 Å². The van der Waals surface area contributed by atoms with E-state index in [-0.39, 0.29) is 31.0 Å². The minimum atomic E-state index is -0.552. The van der Waals surface area contributed by atoms with E-state index in [0.29, 0.717) is 0 Å². The van der Waals surface area contributed by atoms with E-state index in [0.717, 1.165) is 0 Å². The predicted octanol–water partition coefficient (Wildman–Crippen LogP) is 0.491. The molecule has 2 saturated heterocycles. The molecule has 2 aliphatic rings. The zero-order valence-electron chi connectivity index (χ0n) is 8.19. The molecular weight excluding hydrogens is 172 g/mol. The number of hydrogen-bond acceptors (Lipinski definition) is 4. The summed E-state index contributed by atoms with van der Waals surface area (Å²) in [5.74, 6) is -0.360. The Morgan fingerprint density at radius 3 is 2.54 bits per heavy atom. The zero-order chi connectivity index (χ0) is 9.64. The lowest BCUT2D eigenvalue weighted by Gasteiger charge is -2.22. The van der Waals surface area contributed by atoms with Crippen molar-refractivity contribution in [3.63, 3.8) is 0 Å². The number of aliphatic hydroxyl groups is 1. The van der Waals surface area contributed by atoms with E-state index in [2.05, 4.69) is 0 Å². The first-order valence-electron chi connectivity index (χ1n) is 4.65. The fourth-order valence-corrected chi connectivity index (χ4v) is 1.94. The lowest BCUT2D eigenvalue weighted by molar-refractivity contribution is -0.212. The second-order valence-electron chi connectivity index (χ2n) is 4.18. The first kappa shape index (κ1) is 9.40. The van der Waals surface area contributed by atoms with Gasteiger partial charge in [0.15, 0.2) is 12.1 Å². The van der Waals surface area contributed by atoms with Crippen LogP contribution in [0.3, 0.4) is 0 Å². The van der Waals surface area contributed by atoms with E-state index in [1.807, 2.05) is 20.8 Å². The van der Waals surface area contributed by atoms with Gasteiger partial charge in [-0.15, -0.1) is 0 Å². The normalized spacial score (nSPS) is 48.0. The van der Waals surface area contributed by atoms with Gasteiger partial charge < -0.3 is 19.3 Å². The highest BCUT2D eigenvalue weighted by molar-refractivity contribution is 4.90. The predicted molar refractivity (Wildman–Crippen MR) is 44.9 cm³/mol. The van der Waals surface area contributed by atoms with Crippen LogP contribution in [0.2, 0.25) is 0 Å². The van der Waals surface area contributed by atoms with Crippen LogP contribution in [0.25, 0.3) is 0 Å². The molecule has 2 heterocycles. The molecule has 0 aromatic rings. The number of fused-ring (bicyclic) bond motifs is 1. The second-order valence-corrected chi connectivity index (χ2v) is 4.18. The molecule has 0 unspecified atom stereocenters. The van der Waals surface area contributed by atoms with Crippen molar-refractivity contribution in [1.82, 2.24) is 0 Å². The van der Waals surface area contributed by atoms with Gasteiger partial charge in [-0.2, -0.15) is 0 Å². The third-order valence-electron chi connectivity index (χ3n) is 2.68. The zero-order valence-corrected chi connectivity index (χ0v) is 8.19. The molecule has 13 heavy (non-hydrogen) atoms. The Hall–Kier alpha value is -0.160. The molecule has 0 radical (unpaired) electrons. The molecule has 1 N–H and O–H groups in total. The smallest absolute Gasteiger partial charge is 0.187 e. The van der Waals surface area contributed by atoms with Gasteiger partial charge in [-0.1, -0.05) is 6.92 Å². The summed E-state index contributed by atoms with van der Waals surface area (Å²) in [6, 6.07) is 0. The van der Waals surface area contributed by atoms with Crippen LogP contribution in [0.5, 0.6) is 0 Å². The average molecular weight is 188 g/mol. The molecule has 76 valence electrons. The Labute approximate surface area is 77.8 Å². The van der Waals surface area contributed by atoms with Gasteiger partial charge in [0.2, 0.25) is 0 Å². The molecule has 0 spiro atoms. The summed E-state index contributed by atoms with van der Waals surface area (Å²) in [5.41, 5.74) is 0. The van der Waals surface area contributed by atoms with Crippen molar-refractivity contribution in [3.8, 4) is 0 Å². The van der Waals surface area contributed by atoms with Crippen molar-refractivity contribution in [2.24, 2.45) is 5.92 Å². The molecule has 0 amide bonds. The van der Waals surface area contributed by atoms with E-state index < -0.39 is 5.79 Å². The van der Waals surface area contributed by atoms with Crippen molar-refractivity contribution in [2.45, 2.75) is 45.1 Å². The summed E-state index contributed by atoms with van der Waals surface area (Å²) in [4.78, 5) is 0. The Balaban J connectivity index is 2.07. The van der Waals surface area contributed by atoms with Crippen molar-refractivity contribution < 1.29 is 19.3 Å². The van der Waals surface area contributed by atoms with Gasteiger partial charge in [0, 0.05) is 5.92 Å². The number of rotatable bonds is 1. The van der Waals surface area contributed by atoms with Crippen LogP contribution in [0, 0.1) is 5.92 Å². The summed E-state index contributed by atoms with van der Waals surface area (Å²) in [5, 5.41) is 8.99. The first-order chi connectivity index (χ1) is 6.03. The van der Waals surface area contributed by atoms with Crippen LogP contribution in [0.1, 0.15) is 20.8 Å². The molecule has 2 fully saturated rings. The molecule has 2 aliphatic heterocycles. The molecule has 2 rings (SSSR count). The third-order valence-corrected chi connectivity index (χ3v) is 2.68. The van der Waals surface area contributed by atoms with Crippen LogP contribution >= 0.6 is 0 Å². The van der Waals surface area contributed by atoms with E-state index in [4.69, 9.17) is 19.3 Å². The molecule has 0 aromatic heterocycles. The molecule has 4 heteroatoms. The van der Waals surface area contributed by atoms with E-state index in [1.165, 1.54) is 0 Å². The van der Waals surface area contributed by atoms with Crippen LogP contribution in [0.4, 0.5) is 0 Å². The van der Waals surface area contributed by atoms with Crippen molar-refractivity contribution in [1.29, 1.82) is 0 Å². The molecule has 0 aliphatic carbocycles. The van der Waals surface area contributed by atoms with Gasteiger partial charge in [-0.25, -0.2) is 0 Å². The lowest BCUT2D eigenvalue weighted by Crippen LogP contribution is -2.30. The molecule has 0 bridgehead atoms. The number of ether oxygens (including phenoxy) is 3. The Morgan fingerprint density at radius 2 is 2.00 bits per heavy atom. The second kappa shape index (κ2) is 2.92. The topological polar surface area (TPSA) is 47.9 Å². The SMILES string of the molecule is C[C@H]1[C@@H]2OC(C)(C)O[C@@H]2O[C@H]1CO. The van der Waals surface area contributed by atoms with Crippen LogP contribution in [-0.4, -0.2) is 36.0 Å². The van der Waals surface area contributed by atoms with Gasteiger partial charge in [0.1, 0.15) is 6.10 Å². The van der Waals surface area contributed by atoms with Gasteiger partial charge in [0.25, 0.3) is 0 Å². The van der Waals surface area contributed by atoms with E-state index in [1.54, 1.807) is 0 Å². The first-order valence-corrected chi connectivity index (χ1v) is 4.65. The van der Waals surface area contributed by atoms with Gasteiger partial charge in [0.05, 0.1) is 12.7 Å². The maximum Gasteiger partial charge on any atom is 0.187 e. The standard InChI is InChI=1S/C9H16O4/c1-5-6(4-10)11-8-7(5)12-9(2,3)13-8/h5-8,10H,4H2,1-3H3/t5-,6+,7+,8+/m1/s1. The minimum Gasteiger partial charge on any atom is -0.394 e. The van der Waals surface area contributed by atoms with Gasteiger partial charge in [-0.05, 0) is 13.8 Å². The molecule has 0 saturated carbocycles. The fraction of sp³-hybridized carbons (Fsp3) is 1.00. The average Bonchev–Trinajstić information content (AvgIpc) is 2.47. The Kier molecular flexibility index (Phi) is 2.11. The van der Waals surface area contributed by atoms with Gasteiger partial charge in [-0.3, -0.25) is 0 Å².